The third-order valence-corrected chi connectivity index (χ3v) is 2.40. The summed E-state index contributed by atoms with van der Waals surface area (Å²) in [6.07, 6.45) is 0.105. The third kappa shape index (κ3) is 2.16. The Kier molecular flexibility index (Phi) is 2.53. The average Bonchev–Trinajstić information content (AvgIpc) is 1.86. The molecule has 1 saturated heterocycles. The van der Waals surface area contributed by atoms with Crippen LogP contribution in [0.15, 0.2) is 0 Å². The van der Waals surface area contributed by atoms with Gasteiger partial charge in [0.1, 0.15) is 6.17 Å². The Balaban J connectivity index is 2.55. The van der Waals surface area contributed by atoms with Crippen LogP contribution in [-0.4, -0.2) is 19.4 Å². The standard InChI is InChI=1S/C9H17FO/c1-9(2,3)7-4-5-11-6-8(7)10/h7-8H,4-6H2,1-3H3. The second-order valence-electron chi connectivity index (χ2n) is 4.35. The summed E-state index contributed by atoms with van der Waals surface area (Å²) in [5.74, 6) is 0.177. The molecular formula is C9H17FO. The molecule has 2 heteroatoms. The largest absolute Gasteiger partial charge is 0.378 e. The maximum Gasteiger partial charge on any atom is 0.127 e. The monoisotopic (exact) mass is 160 g/mol. The van der Waals surface area contributed by atoms with Crippen LogP contribution >= 0.6 is 0 Å². The Morgan fingerprint density at radius 2 is 2.00 bits per heavy atom. The van der Waals surface area contributed by atoms with Crippen LogP contribution in [0.1, 0.15) is 27.2 Å². The minimum Gasteiger partial charge on any atom is -0.378 e. The Morgan fingerprint density at radius 1 is 1.36 bits per heavy atom. The highest BCUT2D eigenvalue weighted by molar-refractivity contribution is 4.82. The zero-order valence-corrected chi connectivity index (χ0v) is 7.56. The lowest BCUT2D eigenvalue weighted by Crippen LogP contribution is -2.37. The smallest absolute Gasteiger partial charge is 0.127 e. The van der Waals surface area contributed by atoms with Gasteiger partial charge in [-0.3, -0.25) is 0 Å². The number of hydrogen-bond acceptors (Lipinski definition) is 1. The van der Waals surface area contributed by atoms with Crippen LogP contribution in [0.25, 0.3) is 0 Å². The summed E-state index contributed by atoms with van der Waals surface area (Å²) in [6, 6.07) is 0. The predicted octanol–water partition coefficient (Wildman–Crippen LogP) is 2.41. The van der Waals surface area contributed by atoms with Crippen molar-refractivity contribution in [2.24, 2.45) is 11.3 Å². The molecular weight excluding hydrogens is 143 g/mol. The summed E-state index contributed by atoms with van der Waals surface area (Å²) in [4.78, 5) is 0. The zero-order chi connectivity index (χ0) is 8.48. The van der Waals surface area contributed by atoms with Gasteiger partial charge < -0.3 is 4.74 Å². The molecule has 1 nitrogen and oxygen atoms in total. The molecule has 1 rings (SSSR count). The van der Waals surface area contributed by atoms with E-state index in [1.165, 1.54) is 0 Å². The fourth-order valence-electron chi connectivity index (χ4n) is 1.68. The summed E-state index contributed by atoms with van der Waals surface area (Å²) in [5.41, 5.74) is 0.0865. The molecule has 1 aliphatic heterocycles. The van der Waals surface area contributed by atoms with Crippen LogP contribution in [0.4, 0.5) is 4.39 Å². The second-order valence-corrected chi connectivity index (χ2v) is 4.35. The summed E-state index contributed by atoms with van der Waals surface area (Å²) < 4.78 is 18.3. The van der Waals surface area contributed by atoms with Gasteiger partial charge in [0.05, 0.1) is 6.61 Å². The number of halogens is 1. The fraction of sp³-hybridized carbons (Fsp3) is 1.00. The minimum atomic E-state index is -0.760. The first-order valence-corrected chi connectivity index (χ1v) is 4.23. The normalized spacial score (nSPS) is 33.8. The van der Waals surface area contributed by atoms with E-state index in [0.717, 1.165) is 13.0 Å². The minimum absolute atomic E-state index is 0.0865. The molecule has 0 radical (unpaired) electrons. The molecule has 0 saturated carbocycles. The molecule has 11 heavy (non-hydrogen) atoms. The van der Waals surface area contributed by atoms with Crippen LogP contribution in [0.3, 0.4) is 0 Å². The van der Waals surface area contributed by atoms with Crippen molar-refractivity contribution in [2.45, 2.75) is 33.4 Å². The van der Waals surface area contributed by atoms with E-state index in [1.54, 1.807) is 0 Å². The number of alkyl halides is 1. The van der Waals surface area contributed by atoms with Crippen molar-refractivity contribution in [3.8, 4) is 0 Å². The van der Waals surface area contributed by atoms with E-state index < -0.39 is 6.17 Å². The summed E-state index contributed by atoms with van der Waals surface area (Å²) in [6.45, 7) is 7.30. The van der Waals surface area contributed by atoms with Crippen LogP contribution in [0.2, 0.25) is 0 Å². The fourth-order valence-corrected chi connectivity index (χ4v) is 1.68. The van der Waals surface area contributed by atoms with E-state index >= 15 is 0 Å². The van der Waals surface area contributed by atoms with E-state index in [-0.39, 0.29) is 11.3 Å². The van der Waals surface area contributed by atoms with E-state index in [2.05, 4.69) is 20.8 Å². The molecule has 0 bridgehead atoms. The van der Waals surface area contributed by atoms with Crippen molar-refractivity contribution in [1.29, 1.82) is 0 Å². The molecule has 2 atom stereocenters. The highest BCUT2D eigenvalue weighted by atomic mass is 19.1. The first-order chi connectivity index (χ1) is 5.02. The van der Waals surface area contributed by atoms with Crippen molar-refractivity contribution in [2.75, 3.05) is 13.2 Å². The molecule has 66 valence electrons. The number of ether oxygens (including phenoxy) is 1. The first-order valence-electron chi connectivity index (χ1n) is 4.23. The Labute approximate surface area is 67.9 Å². The maximum atomic E-state index is 13.2. The van der Waals surface area contributed by atoms with E-state index in [9.17, 15) is 4.39 Å². The SMILES string of the molecule is CC(C)(C)C1CCOCC1F. The molecule has 0 aliphatic carbocycles. The molecule has 1 heterocycles. The van der Waals surface area contributed by atoms with Gasteiger partial charge in [0.25, 0.3) is 0 Å². The molecule has 0 N–H and O–H groups in total. The molecule has 0 amide bonds. The van der Waals surface area contributed by atoms with Crippen LogP contribution in [0, 0.1) is 11.3 Å². The summed E-state index contributed by atoms with van der Waals surface area (Å²) in [5, 5.41) is 0. The predicted molar refractivity (Wildman–Crippen MR) is 43.3 cm³/mol. The molecule has 1 fully saturated rings. The highest BCUT2D eigenvalue weighted by Gasteiger charge is 2.34. The van der Waals surface area contributed by atoms with Crippen molar-refractivity contribution in [1.82, 2.24) is 0 Å². The maximum absolute atomic E-state index is 13.2. The van der Waals surface area contributed by atoms with Crippen LogP contribution in [-0.2, 0) is 4.74 Å². The van der Waals surface area contributed by atoms with E-state index in [0.29, 0.717) is 6.61 Å². The molecule has 0 aromatic rings. The van der Waals surface area contributed by atoms with Gasteiger partial charge in [0, 0.05) is 6.61 Å². The topological polar surface area (TPSA) is 9.23 Å². The van der Waals surface area contributed by atoms with Gasteiger partial charge in [0.2, 0.25) is 0 Å². The zero-order valence-electron chi connectivity index (χ0n) is 7.56. The quantitative estimate of drug-likeness (QED) is 0.528. The second kappa shape index (κ2) is 3.10. The van der Waals surface area contributed by atoms with Gasteiger partial charge >= 0.3 is 0 Å². The lowest BCUT2D eigenvalue weighted by Gasteiger charge is -2.36. The molecule has 2 unspecified atom stereocenters. The Hall–Kier alpha value is -0.110. The van der Waals surface area contributed by atoms with Crippen molar-refractivity contribution in [3.05, 3.63) is 0 Å². The molecule has 0 aromatic heterocycles. The van der Waals surface area contributed by atoms with Crippen LogP contribution in [0.5, 0.6) is 0 Å². The van der Waals surface area contributed by atoms with E-state index in [1.807, 2.05) is 0 Å². The molecule has 1 aliphatic rings. The third-order valence-electron chi connectivity index (χ3n) is 2.40. The van der Waals surface area contributed by atoms with Crippen molar-refractivity contribution >= 4 is 0 Å². The van der Waals surface area contributed by atoms with Crippen molar-refractivity contribution < 1.29 is 9.13 Å². The van der Waals surface area contributed by atoms with Gasteiger partial charge in [0.15, 0.2) is 0 Å². The molecule has 0 aromatic carbocycles. The van der Waals surface area contributed by atoms with Gasteiger partial charge in [-0.15, -0.1) is 0 Å². The number of hydrogen-bond donors (Lipinski definition) is 0. The van der Waals surface area contributed by atoms with Crippen molar-refractivity contribution in [3.63, 3.8) is 0 Å². The van der Waals surface area contributed by atoms with Gasteiger partial charge in [-0.1, -0.05) is 20.8 Å². The summed E-state index contributed by atoms with van der Waals surface area (Å²) in [7, 11) is 0. The lowest BCUT2D eigenvalue weighted by molar-refractivity contribution is -0.0381. The van der Waals surface area contributed by atoms with Gasteiger partial charge in [-0.25, -0.2) is 4.39 Å². The Morgan fingerprint density at radius 3 is 2.36 bits per heavy atom. The summed E-state index contributed by atoms with van der Waals surface area (Å²) >= 11 is 0. The van der Waals surface area contributed by atoms with Gasteiger partial charge in [-0.2, -0.15) is 0 Å². The van der Waals surface area contributed by atoms with E-state index in [4.69, 9.17) is 4.74 Å². The van der Waals surface area contributed by atoms with Crippen LogP contribution < -0.4 is 0 Å². The Bertz CT molecular complexity index is 128. The van der Waals surface area contributed by atoms with Gasteiger partial charge in [-0.05, 0) is 17.8 Å². The number of rotatable bonds is 0. The highest BCUT2D eigenvalue weighted by Crippen LogP contribution is 2.35. The first kappa shape index (κ1) is 8.98. The molecule has 0 spiro atoms. The average molecular weight is 160 g/mol. The lowest BCUT2D eigenvalue weighted by atomic mass is 9.75.